The molecular weight excluding hydrogens is 366 g/mol. The van der Waals surface area contributed by atoms with E-state index in [9.17, 15) is 8.42 Å². The number of nitrogens with two attached hydrogens (primary N) is 1. The SMILES string of the molecule is Cc1ccc(S(=O)(=O)N2CCN(Cc3noc(CN)n3)CC2)cc1.Cl. The van der Waals surface area contributed by atoms with Crippen molar-refractivity contribution in [3.63, 3.8) is 0 Å². The Balaban J connectivity index is 0.00000225. The number of aromatic nitrogens is 2. The highest BCUT2D eigenvalue weighted by atomic mass is 35.5. The van der Waals surface area contributed by atoms with E-state index in [1.165, 1.54) is 4.31 Å². The van der Waals surface area contributed by atoms with E-state index >= 15 is 0 Å². The summed E-state index contributed by atoms with van der Waals surface area (Å²) in [4.78, 5) is 6.61. The van der Waals surface area contributed by atoms with E-state index in [0.29, 0.717) is 49.3 Å². The molecule has 0 bridgehead atoms. The maximum Gasteiger partial charge on any atom is 0.243 e. The third-order valence-electron chi connectivity index (χ3n) is 4.04. The lowest BCUT2D eigenvalue weighted by molar-refractivity contribution is 0.176. The quantitative estimate of drug-likeness (QED) is 0.807. The Bertz CT molecular complexity index is 786. The second-order valence-electron chi connectivity index (χ2n) is 5.80. The van der Waals surface area contributed by atoms with Crippen LogP contribution in [-0.2, 0) is 23.1 Å². The number of nitrogens with zero attached hydrogens (tertiary/aromatic N) is 4. The summed E-state index contributed by atoms with van der Waals surface area (Å²) in [5, 5.41) is 3.87. The standard InChI is InChI=1S/C15H21N5O3S.ClH/c1-12-2-4-13(5-3-12)24(21,22)20-8-6-19(7-9-20)11-14-17-15(10-16)23-18-14;/h2-5H,6-11,16H2,1H3;1H. The van der Waals surface area contributed by atoms with Gasteiger partial charge in [-0.25, -0.2) is 8.42 Å². The van der Waals surface area contributed by atoms with Gasteiger partial charge >= 0.3 is 0 Å². The van der Waals surface area contributed by atoms with Crippen LogP contribution < -0.4 is 5.73 Å². The fourth-order valence-electron chi connectivity index (χ4n) is 2.62. The van der Waals surface area contributed by atoms with Crippen LogP contribution in [0.3, 0.4) is 0 Å². The highest BCUT2D eigenvalue weighted by Crippen LogP contribution is 2.18. The van der Waals surface area contributed by atoms with Crippen LogP contribution in [0, 0.1) is 6.92 Å². The first-order valence-electron chi connectivity index (χ1n) is 7.80. The lowest BCUT2D eigenvalue weighted by Gasteiger charge is -2.33. The number of piperazine rings is 1. The first-order chi connectivity index (χ1) is 11.5. The molecule has 3 rings (SSSR count). The molecule has 1 aliphatic heterocycles. The van der Waals surface area contributed by atoms with Crippen molar-refractivity contribution in [1.29, 1.82) is 0 Å². The molecule has 1 aliphatic rings. The zero-order valence-corrected chi connectivity index (χ0v) is 15.6. The second-order valence-corrected chi connectivity index (χ2v) is 7.74. The topological polar surface area (TPSA) is 106 Å². The first-order valence-corrected chi connectivity index (χ1v) is 9.24. The lowest BCUT2D eigenvalue weighted by atomic mass is 10.2. The van der Waals surface area contributed by atoms with Crippen LogP contribution in [0.15, 0.2) is 33.7 Å². The van der Waals surface area contributed by atoms with E-state index in [4.69, 9.17) is 10.3 Å². The highest BCUT2D eigenvalue weighted by Gasteiger charge is 2.28. The summed E-state index contributed by atoms with van der Waals surface area (Å²) >= 11 is 0. The van der Waals surface area contributed by atoms with Gasteiger partial charge in [-0.1, -0.05) is 22.9 Å². The Kier molecular flexibility index (Phi) is 6.53. The molecule has 0 radical (unpaired) electrons. The van der Waals surface area contributed by atoms with Crippen molar-refractivity contribution in [3.8, 4) is 0 Å². The normalized spacial score (nSPS) is 16.6. The van der Waals surface area contributed by atoms with E-state index in [1.54, 1.807) is 12.1 Å². The third-order valence-corrected chi connectivity index (χ3v) is 5.95. The summed E-state index contributed by atoms with van der Waals surface area (Å²) in [5.74, 6) is 0.982. The largest absolute Gasteiger partial charge is 0.338 e. The molecule has 1 aromatic carbocycles. The van der Waals surface area contributed by atoms with Gasteiger partial charge in [0.15, 0.2) is 5.82 Å². The molecule has 0 atom stereocenters. The number of sulfonamides is 1. The van der Waals surface area contributed by atoms with Crippen LogP contribution in [0.4, 0.5) is 0 Å². The summed E-state index contributed by atoms with van der Waals surface area (Å²) in [5.41, 5.74) is 6.48. The zero-order chi connectivity index (χ0) is 17.2. The van der Waals surface area contributed by atoms with Crippen molar-refractivity contribution < 1.29 is 12.9 Å². The van der Waals surface area contributed by atoms with Crippen LogP contribution in [0.25, 0.3) is 0 Å². The number of benzene rings is 1. The minimum atomic E-state index is -3.43. The van der Waals surface area contributed by atoms with E-state index in [1.807, 2.05) is 19.1 Å². The predicted molar refractivity (Wildman–Crippen MR) is 94.7 cm³/mol. The number of aryl methyl sites for hydroxylation is 1. The molecule has 138 valence electrons. The second kappa shape index (κ2) is 8.24. The van der Waals surface area contributed by atoms with Gasteiger partial charge in [0, 0.05) is 26.2 Å². The summed E-state index contributed by atoms with van der Waals surface area (Å²) in [7, 11) is -3.43. The summed E-state index contributed by atoms with van der Waals surface area (Å²) in [6, 6.07) is 6.94. The van der Waals surface area contributed by atoms with Crippen LogP contribution in [-0.4, -0.2) is 53.9 Å². The molecule has 1 fully saturated rings. The van der Waals surface area contributed by atoms with E-state index < -0.39 is 10.0 Å². The van der Waals surface area contributed by atoms with Gasteiger partial charge < -0.3 is 10.3 Å². The molecule has 2 N–H and O–H groups in total. The van der Waals surface area contributed by atoms with Gasteiger partial charge in [0.1, 0.15) is 0 Å². The molecule has 8 nitrogen and oxygen atoms in total. The summed E-state index contributed by atoms with van der Waals surface area (Å²) in [6.45, 7) is 4.81. The number of hydrogen-bond acceptors (Lipinski definition) is 7. The van der Waals surface area contributed by atoms with Crippen molar-refractivity contribution in [2.45, 2.75) is 24.9 Å². The maximum absolute atomic E-state index is 12.7. The average molecular weight is 388 g/mol. The van der Waals surface area contributed by atoms with Gasteiger partial charge in [-0.2, -0.15) is 9.29 Å². The van der Waals surface area contributed by atoms with Gasteiger partial charge in [-0.05, 0) is 19.1 Å². The Morgan fingerprint density at radius 3 is 2.36 bits per heavy atom. The van der Waals surface area contributed by atoms with Gasteiger partial charge in [0.2, 0.25) is 15.9 Å². The van der Waals surface area contributed by atoms with Crippen molar-refractivity contribution in [2.24, 2.45) is 5.73 Å². The average Bonchev–Trinajstić information content (AvgIpc) is 3.03. The smallest absolute Gasteiger partial charge is 0.243 e. The minimum Gasteiger partial charge on any atom is -0.338 e. The maximum atomic E-state index is 12.7. The van der Waals surface area contributed by atoms with Crippen molar-refractivity contribution in [3.05, 3.63) is 41.5 Å². The molecule has 1 aromatic heterocycles. The molecule has 0 amide bonds. The molecule has 10 heteroatoms. The number of halogens is 1. The van der Waals surface area contributed by atoms with Crippen LogP contribution >= 0.6 is 12.4 Å². The van der Waals surface area contributed by atoms with Crippen LogP contribution in [0.1, 0.15) is 17.3 Å². The molecule has 2 heterocycles. The molecule has 0 spiro atoms. The van der Waals surface area contributed by atoms with Crippen molar-refractivity contribution in [2.75, 3.05) is 26.2 Å². The Labute approximate surface area is 153 Å². The van der Waals surface area contributed by atoms with Gasteiger partial charge in [-0.15, -0.1) is 12.4 Å². The Morgan fingerprint density at radius 2 is 1.80 bits per heavy atom. The van der Waals surface area contributed by atoms with Gasteiger partial charge in [0.05, 0.1) is 18.0 Å². The van der Waals surface area contributed by atoms with Crippen molar-refractivity contribution >= 4 is 22.4 Å². The van der Waals surface area contributed by atoms with E-state index in [2.05, 4.69) is 15.0 Å². The molecule has 0 aliphatic carbocycles. The highest BCUT2D eigenvalue weighted by molar-refractivity contribution is 7.89. The number of hydrogen-bond donors (Lipinski definition) is 1. The predicted octanol–water partition coefficient (Wildman–Crippen LogP) is 0.765. The Morgan fingerprint density at radius 1 is 1.16 bits per heavy atom. The first kappa shape index (κ1) is 19.8. The van der Waals surface area contributed by atoms with E-state index in [-0.39, 0.29) is 19.0 Å². The summed E-state index contributed by atoms with van der Waals surface area (Å²) in [6.07, 6.45) is 0. The van der Waals surface area contributed by atoms with Gasteiger partial charge in [-0.3, -0.25) is 4.90 Å². The molecule has 2 aromatic rings. The fraction of sp³-hybridized carbons (Fsp3) is 0.467. The molecule has 1 saturated heterocycles. The van der Waals surface area contributed by atoms with Gasteiger partial charge in [0.25, 0.3) is 0 Å². The number of rotatable bonds is 5. The third kappa shape index (κ3) is 4.56. The fourth-order valence-corrected chi connectivity index (χ4v) is 4.05. The minimum absolute atomic E-state index is 0. The monoisotopic (exact) mass is 387 g/mol. The Hall–Kier alpha value is -1.52. The molecule has 0 saturated carbocycles. The molecule has 25 heavy (non-hydrogen) atoms. The summed E-state index contributed by atoms with van der Waals surface area (Å²) < 4.78 is 31.8. The molecular formula is C15H22ClN5O3S. The zero-order valence-electron chi connectivity index (χ0n) is 14.0. The van der Waals surface area contributed by atoms with Crippen LogP contribution in [0.5, 0.6) is 0 Å². The molecule has 0 unspecified atom stereocenters. The van der Waals surface area contributed by atoms with E-state index in [0.717, 1.165) is 5.56 Å². The lowest BCUT2D eigenvalue weighted by Crippen LogP contribution is -2.48. The van der Waals surface area contributed by atoms with Crippen molar-refractivity contribution in [1.82, 2.24) is 19.3 Å². The van der Waals surface area contributed by atoms with Crippen LogP contribution in [0.2, 0.25) is 0 Å².